The molecule has 4 rings (SSSR count). The van der Waals surface area contributed by atoms with Crippen LogP contribution >= 0.6 is 0 Å². The van der Waals surface area contributed by atoms with Crippen molar-refractivity contribution in [1.82, 2.24) is 5.32 Å². The predicted molar refractivity (Wildman–Crippen MR) is 115 cm³/mol. The van der Waals surface area contributed by atoms with Gasteiger partial charge in [-0.1, -0.05) is 38.8 Å². The molecule has 0 radical (unpaired) electrons. The number of anilines is 1. The van der Waals surface area contributed by atoms with Crippen LogP contribution < -0.4 is 15.0 Å². The summed E-state index contributed by atoms with van der Waals surface area (Å²) in [5.41, 5.74) is 0.0936. The Morgan fingerprint density at radius 3 is 2.67 bits per heavy atom. The summed E-state index contributed by atoms with van der Waals surface area (Å²) in [6.45, 7) is 6.89. The van der Waals surface area contributed by atoms with Gasteiger partial charge in [-0.05, 0) is 43.5 Å². The van der Waals surface area contributed by atoms with Crippen molar-refractivity contribution in [3.05, 3.63) is 36.4 Å². The van der Waals surface area contributed by atoms with Gasteiger partial charge in [0.15, 0.2) is 0 Å². The van der Waals surface area contributed by atoms with Crippen molar-refractivity contribution in [1.29, 1.82) is 0 Å². The molecule has 3 aliphatic rings. The van der Waals surface area contributed by atoms with Crippen LogP contribution in [0.4, 0.5) is 5.69 Å². The molecule has 1 N–H and O–H groups in total. The molecule has 0 saturated carbocycles. The van der Waals surface area contributed by atoms with Crippen LogP contribution in [-0.4, -0.2) is 43.2 Å². The van der Waals surface area contributed by atoms with Crippen LogP contribution in [0.15, 0.2) is 36.4 Å². The van der Waals surface area contributed by atoms with Crippen molar-refractivity contribution in [3.8, 4) is 5.75 Å². The van der Waals surface area contributed by atoms with Crippen molar-refractivity contribution in [2.24, 2.45) is 17.8 Å². The highest BCUT2D eigenvalue weighted by Gasteiger charge is 2.67. The summed E-state index contributed by atoms with van der Waals surface area (Å²) in [4.78, 5) is 28.3. The lowest BCUT2D eigenvalue weighted by molar-refractivity contribution is -0.132. The van der Waals surface area contributed by atoms with E-state index in [9.17, 15) is 9.59 Å². The fourth-order valence-corrected chi connectivity index (χ4v) is 5.02. The number of rotatable bonds is 8. The zero-order valence-corrected chi connectivity index (χ0v) is 18.3. The molecular formula is C24H32N2O4. The molecule has 3 heterocycles. The summed E-state index contributed by atoms with van der Waals surface area (Å²) in [5, 5.41) is 3.14. The first-order valence-corrected chi connectivity index (χ1v) is 11.0. The van der Waals surface area contributed by atoms with E-state index in [0.717, 1.165) is 30.7 Å². The van der Waals surface area contributed by atoms with E-state index in [1.165, 1.54) is 0 Å². The average Bonchev–Trinajstić information content (AvgIpc) is 3.36. The summed E-state index contributed by atoms with van der Waals surface area (Å²) in [7, 11) is 1.61. The van der Waals surface area contributed by atoms with E-state index in [1.54, 1.807) is 12.0 Å². The van der Waals surface area contributed by atoms with Gasteiger partial charge < -0.3 is 19.7 Å². The lowest BCUT2D eigenvalue weighted by Crippen LogP contribution is -2.46. The fourth-order valence-electron chi connectivity index (χ4n) is 5.02. The molecular weight excluding hydrogens is 380 g/mol. The Morgan fingerprint density at radius 1 is 1.27 bits per heavy atom. The number of fused-ring (bicyclic) bond motifs is 1. The second-order valence-electron chi connectivity index (χ2n) is 9.26. The molecule has 5 unspecified atom stereocenters. The fraction of sp³-hybridized carbons (Fsp3) is 0.583. The number of carbonyl (C=O) groups is 2. The molecule has 2 fully saturated rings. The third-order valence-corrected chi connectivity index (χ3v) is 6.59. The lowest BCUT2D eigenvalue weighted by atomic mass is 9.76. The van der Waals surface area contributed by atoms with Crippen molar-refractivity contribution < 1.29 is 19.1 Å². The first-order valence-electron chi connectivity index (χ1n) is 11.0. The summed E-state index contributed by atoms with van der Waals surface area (Å²) in [5.74, 6) is 0.343. The van der Waals surface area contributed by atoms with Crippen LogP contribution in [0.5, 0.6) is 5.75 Å². The first kappa shape index (κ1) is 20.9. The smallest absolute Gasteiger partial charge is 0.234 e. The van der Waals surface area contributed by atoms with Gasteiger partial charge in [0.05, 0.1) is 31.6 Å². The maximum Gasteiger partial charge on any atom is 0.234 e. The Balaban J connectivity index is 1.47. The van der Waals surface area contributed by atoms with Gasteiger partial charge >= 0.3 is 0 Å². The molecule has 5 atom stereocenters. The number of nitrogens with zero attached hydrogens (tertiary/aromatic N) is 1. The average molecular weight is 413 g/mol. The number of hydrogen-bond acceptors (Lipinski definition) is 4. The molecule has 162 valence electrons. The minimum absolute atomic E-state index is 0.0420. The van der Waals surface area contributed by atoms with Crippen LogP contribution in [0.25, 0.3) is 0 Å². The minimum atomic E-state index is -0.704. The van der Waals surface area contributed by atoms with Gasteiger partial charge in [-0.25, -0.2) is 0 Å². The second-order valence-corrected chi connectivity index (χ2v) is 9.26. The molecule has 2 bridgehead atoms. The number of nitrogens with one attached hydrogen (secondary N) is 1. The minimum Gasteiger partial charge on any atom is -0.497 e. The predicted octanol–water partition coefficient (Wildman–Crippen LogP) is 3.31. The quantitative estimate of drug-likeness (QED) is 0.665. The summed E-state index contributed by atoms with van der Waals surface area (Å²) < 4.78 is 11.4. The van der Waals surface area contributed by atoms with Gasteiger partial charge in [-0.3, -0.25) is 9.59 Å². The van der Waals surface area contributed by atoms with Gasteiger partial charge in [-0.2, -0.15) is 0 Å². The van der Waals surface area contributed by atoms with Crippen LogP contribution in [0.1, 0.15) is 40.0 Å². The van der Waals surface area contributed by atoms with Crippen molar-refractivity contribution in [2.45, 2.75) is 57.8 Å². The molecule has 30 heavy (non-hydrogen) atoms. The third-order valence-electron chi connectivity index (χ3n) is 6.59. The lowest BCUT2D eigenvalue weighted by Gasteiger charge is -2.25. The van der Waals surface area contributed by atoms with Crippen molar-refractivity contribution >= 4 is 17.5 Å². The van der Waals surface area contributed by atoms with E-state index in [0.29, 0.717) is 12.5 Å². The van der Waals surface area contributed by atoms with E-state index < -0.39 is 17.4 Å². The van der Waals surface area contributed by atoms with Crippen LogP contribution in [0.3, 0.4) is 0 Å². The maximum absolute atomic E-state index is 13.4. The van der Waals surface area contributed by atoms with Gasteiger partial charge in [-0.15, -0.1) is 0 Å². The highest BCUT2D eigenvalue weighted by Crippen LogP contribution is 2.52. The topological polar surface area (TPSA) is 67.9 Å². The monoisotopic (exact) mass is 412 g/mol. The Labute approximate surface area is 178 Å². The zero-order chi connectivity index (χ0) is 21.5. The Bertz CT molecular complexity index is 834. The second kappa shape index (κ2) is 8.06. The van der Waals surface area contributed by atoms with Gasteiger partial charge in [0, 0.05) is 11.7 Å². The van der Waals surface area contributed by atoms with Crippen molar-refractivity contribution in [2.75, 3.05) is 18.6 Å². The van der Waals surface area contributed by atoms with Crippen molar-refractivity contribution in [3.63, 3.8) is 0 Å². The van der Waals surface area contributed by atoms with Gasteiger partial charge in [0.25, 0.3) is 0 Å². The van der Waals surface area contributed by atoms with Crippen LogP contribution in [0, 0.1) is 17.8 Å². The van der Waals surface area contributed by atoms with E-state index in [-0.39, 0.29) is 24.0 Å². The number of methoxy groups -OCH3 is 1. The van der Waals surface area contributed by atoms with Gasteiger partial charge in [0.1, 0.15) is 11.4 Å². The number of amides is 2. The van der Waals surface area contributed by atoms with Crippen LogP contribution in [0.2, 0.25) is 0 Å². The number of benzene rings is 1. The van der Waals surface area contributed by atoms with Crippen LogP contribution in [-0.2, 0) is 14.3 Å². The number of carbonyl (C=O) groups excluding carboxylic acids is 2. The van der Waals surface area contributed by atoms with Gasteiger partial charge in [0.2, 0.25) is 11.8 Å². The number of hydrogen-bond donors (Lipinski definition) is 1. The molecule has 1 aromatic carbocycles. The molecule has 0 aromatic heterocycles. The summed E-state index contributed by atoms with van der Waals surface area (Å²) >= 11 is 0. The van der Waals surface area contributed by atoms with E-state index in [4.69, 9.17) is 9.47 Å². The summed E-state index contributed by atoms with van der Waals surface area (Å²) in [6, 6.07) is 7.51. The highest BCUT2D eigenvalue weighted by molar-refractivity contribution is 6.03. The maximum atomic E-state index is 13.4. The standard InChI is InChI=1S/C24H32N2O4/c1-15(2)6-5-7-16(3)25-22(27)20-19-12-13-24(30-19)14-26(23(28)21(20)24)17-8-10-18(29-4)11-9-17/h8-13,15-16,19-21H,5-7,14H2,1-4H3,(H,25,27). The first-order chi connectivity index (χ1) is 14.3. The SMILES string of the molecule is COc1ccc(N2CC34C=CC(O3)C(C(=O)NC(C)CCCC(C)C)C4C2=O)cc1. The molecule has 1 spiro atoms. The zero-order valence-electron chi connectivity index (χ0n) is 18.3. The molecule has 0 aliphatic carbocycles. The molecule has 6 nitrogen and oxygen atoms in total. The number of ether oxygens (including phenoxy) is 2. The largest absolute Gasteiger partial charge is 0.497 e. The van der Waals surface area contributed by atoms with E-state index in [2.05, 4.69) is 19.2 Å². The third kappa shape index (κ3) is 3.62. The highest BCUT2D eigenvalue weighted by atomic mass is 16.5. The Morgan fingerprint density at radius 2 is 2.00 bits per heavy atom. The Kier molecular flexibility index (Phi) is 5.62. The van der Waals surface area contributed by atoms with E-state index >= 15 is 0 Å². The van der Waals surface area contributed by atoms with E-state index in [1.807, 2.05) is 43.3 Å². The normalized spacial score (nSPS) is 30.1. The molecule has 2 saturated heterocycles. The summed E-state index contributed by atoms with van der Waals surface area (Å²) in [6.07, 6.45) is 6.80. The molecule has 6 heteroatoms. The molecule has 2 amide bonds. The Hall–Kier alpha value is -2.34. The molecule has 3 aliphatic heterocycles. The molecule has 1 aromatic rings.